The summed E-state index contributed by atoms with van der Waals surface area (Å²) < 4.78 is 29.4. The number of benzene rings is 2. The predicted octanol–water partition coefficient (Wildman–Crippen LogP) is 1.69. The van der Waals surface area contributed by atoms with Crippen LogP contribution in [0.3, 0.4) is 0 Å². The van der Waals surface area contributed by atoms with Gasteiger partial charge in [-0.05, 0) is 48.5 Å². The summed E-state index contributed by atoms with van der Waals surface area (Å²) in [5.74, 6) is -0.536. The van der Waals surface area contributed by atoms with Gasteiger partial charge in [-0.2, -0.15) is 0 Å². The highest BCUT2D eigenvalue weighted by Gasteiger charge is 2.15. The average Bonchev–Trinajstić information content (AvgIpc) is 2.59. The minimum absolute atomic E-state index is 0.0782. The van der Waals surface area contributed by atoms with Gasteiger partial charge in [-0.25, -0.2) is 8.42 Å². The van der Waals surface area contributed by atoms with Gasteiger partial charge in [-0.1, -0.05) is 11.6 Å². The van der Waals surface area contributed by atoms with Crippen molar-refractivity contribution in [2.75, 3.05) is 11.9 Å². The number of rotatable bonds is 7. The lowest BCUT2D eigenvalue weighted by atomic mass is 10.3. The molecule has 0 spiro atoms. The van der Waals surface area contributed by atoms with Crippen molar-refractivity contribution in [1.82, 2.24) is 10.3 Å². The molecule has 0 atom stereocenters. The molecule has 0 aliphatic heterocycles. The fraction of sp³-hybridized carbons (Fsp3) is 0.125. The lowest BCUT2D eigenvalue weighted by Crippen LogP contribution is -2.43. The van der Waals surface area contributed by atoms with Gasteiger partial charge in [0.05, 0.1) is 4.90 Å². The molecule has 0 bridgehead atoms. The van der Waals surface area contributed by atoms with E-state index in [-0.39, 0.29) is 17.4 Å². The number of halogens is 1. The molecule has 0 aromatic heterocycles. The van der Waals surface area contributed by atoms with Gasteiger partial charge in [0.1, 0.15) is 5.75 Å². The van der Waals surface area contributed by atoms with E-state index in [0.29, 0.717) is 16.5 Å². The van der Waals surface area contributed by atoms with Crippen LogP contribution in [-0.2, 0) is 19.6 Å². The summed E-state index contributed by atoms with van der Waals surface area (Å²) in [4.78, 5) is 24.5. The fourth-order valence-electron chi connectivity index (χ4n) is 1.82. The van der Waals surface area contributed by atoms with Crippen molar-refractivity contribution >= 4 is 39.1 Å². The van der Waals surface area contributed by atoms with E-state index in [2.05, 4.69) is 10.7 Å². The maximum absolute atomic E-state index is 12.1. The maximum atomic E-state index is 12.1. The molecule has 0 aliphatic rings. The standard InChI is InChI=1S/C16H16ClN3O5S/c1-11(21)18-13-4-8-15(9-5-13)26(23,24)20-19-16(22)10-25-14-6-2-12(17)3-7-14/h2-9,20H,10H2,1H3,(H,18,21)(H,19,22). The third-order valence-electron chi connectivity index (χ3n) is 2.99. The molecule has 2 amide bonds. The fourth-order valence-corrected chi connectivity index (χ4v) is 2.81. The van der Waals surface area contributed by atoms with Crippen molar-refractivity contribution in [3.8, 4) is 5.75 Å². The summed E-state index contributed by atoms with van der Waals surface area (Å²) in [6.45, 7) is 0.958. The van der Waals surface area contributed by atoms with Crippen LogP contribution in [0.25, 0.3) is 0 Å². The molecule has 0 heterocycles. The Morgan fingerprint density at radius 2 is 1.65 bits per heavy atom. The van der Waals surface area contributed by atoms with E-state index in [1.165, 1.54) is 31.2 Å². The smallest absolute Gasteiger partial charge is 0.272 e. The largest absolute Gasteiger partial charge is 0.484 e. The third kappa shape index (κ3) is 6.03. The molecule has 2 rings (SSSR count). The van der Waals surface area contributed by atoms with Crippen LogP contribution >= 0.6 is 11.6 Å². The van der Waals surface area contributed by atoms with Crippen molar-refractivity contribution in [2.24, 2.45) is 0 Å². The number of nitrogens with one attached hydrogen (secondary N) is 3. The first kappa shape index (κ1) is 19.7. The number of amides is 2. The van der Waals surface area contributed by atoms with Gasteiger partial charge in [-0.15, -0.1) is 4.83 Å². The first-order valence-electron chi connectivity index (χ1n) is 7.33. The zero-order valence-corrected chi connectivity index (χ0v) is 15.2. The van der Waals surface area contributed by atoms with Gasteiger partial charge < -0.3 is 10.1 Å². The molecule has 2 aromatic carbocycles. The second-order valence-electron chi connectivity index (χ2n) is 5.10. The van der Waals surface area contributed by atoms with E-state index in [1.54, 1.807) is 24.3 Å². The van der Waals surface area contributed by atoms with Crippen molar-refractivity contribution in [3.05, 3.63) is 53.6 Å². The minimum Gasteiger partial charge on any atom is -0.484 e. The SMILES string of the molecule is CC(=O)Nc1ccc(S(=O)(=O)NNC(=O)COc2ccc(Cl)cc2)cc1. The van der Waals surface area contributed by atoms with E-state index >= 15 is 0 Å². The summed E-state index contributed by atoms with van der Waals surface area (Å²) in [7, 11) is -3.96. The Balaban J connectivity index is 1.87. The minimum atomic E-state index is -3.96. The van der Waals surface area contributed by atoms with Gasteiger partial charge in [0.25, 0.3) is 15.9 Å². The number of hydrogen-bond donors (Lipinski definition) is 3. The Hall–Kier alpha value is -2.62. The quantitative estimate of drug-likeness (QED) is 0.615. The van der Waals surface area contributed by atoms with Gasteiger partial charge in [0.2, 0.25) is 5.91 Å². The first-order chi connectivity index (χ1) is 12.3. The molecule has 0 radical (unpaired) electrons. The molecule has 0 aliphatic carbocycles. The van der Waals surface area contributed by atoms with Crippen LogP contribution in [0.2, 0.25) is 5.02 Å². The highest BCUT2D eigenvalue weighted by atomic mass is 35.5. The second-order valence-corrected chi connectivity index (χ2v) is 7.22. The Morgan fingerprint density at radius 1 is 1.04 bits per heavy atom. The summed E-state index contributed by atoms with van der Waals surface area (Å²) in [5, 5.41) is 3.05. The lowest BCUT2D eigenvalue weighted by Gasteiger charge is -2.10. The number of anilines is 1. The normalized spacial score (nSPS) is 10.8. The van der Waals surface area contributed by atoms with Crippen LogP contribution < -0.4 is 20.3 Å². The molecule has 26 heavy (non-hydrogen) atoms. The molecule has 10 heteroatoms. The molecule has 0 saturated carbocycles. The summed E-state index contributed by atoms with van der Waals surface area (Å²) in [6.07, 6.45) is 0. The molecule has 8 nitrogen and oxygen atoms in total. The summed E-state index contributed by atoms with van der Waals surface area (Å²) >= 11 is 5.73. The highest BCUT2D eigenvalue weighted by Crippen LogP contribution is 2.15. The van der Waals surface area contributed by atoms with E-state index in [0.717, 1.165) is 0 Å². The number of hydrazine groups is 1. The van der Waals surface area contributed by atoms with Gasteiger partial charge >= 0.3 is 0 Å². The number of sulfonamides is 1. The van der Waals surface area contributed by atoms with Gasteiger partial charge in [0.15, 0.2) is 6.61 Å². The van der Waals surface area contributed by atoms with Crippen molar-refractivity contribution in [3.63, 3.8) is 0 Å². The molecule has 138 valence electrons. The predicted molar refractivity (Wildman–Crippen MR) is 96.2 cm³/mol. The van der Waals surface area contributed by atoms with Crippen LogP contribution in [0.15, 0.2) is 53.4 Å². The molecular formula is C16H16ClN3O5S. The molecular weight excluding hydrogens is 382 g/mol. The highest BCUT2D eigenvalue weighted by molar-refractivity contribution is 7.89. The Labute approximate surface area is 155 Å². The molecule has 3 N–H and O–H groups in total. The number of hydrogen-bond acceptors (Lipinski definition) is 5. The first-order valence-corrected chi connectivity index (χ1v) is 9.19. The van der Waals surface area contributed by atoms with Crippen LogP contribution in [-0.4, -0.2) is 26.8 Å². The van der Waals surface area contributed by atoms with Gasteiger partial charge in [0, 0.05) is 17.6 Å². The molecule has 2 aromatic rings. The van der Waals surface area contributed by atoms with E-state index in [9.17, 15) is 18.0 Å². The van der Waals surface area contributed by atoms with E-state index in [4.69, 9.17) is 16.3 Å². The monoisotopic (exact) mass is 397 g/mol. The van der Waals surface area contributed by atoms with Crippen LogP contribution in [0.4, 0.5) is 5.69 Å². The number of carbonyl (C=O) groups excluding carboxylic acids is 2. The molecule has 0 saturated heterocycles. The van der Waals surface area contributed by atoms with Crippen LogP contribution in [0.5, 0.6) is 5.75 Å². The van der Waals surface area contributed by atoms with Crippen molar-refractivity contribution in [1.29, 1.82) is 0 Å². The maximum Gasteiger partial charge on any atom is 0.272 e. The Kier molecular flexibility index (Phi) is 6.56. The van der Waals surface area contributed by atoms with E-state index in [1.807, 2.05) is 4.83 Å². The van der Waals surface area contributed by atoms with Crippen LogP contribution in [0.1, 0.15) is 6.92 Å². The zero-order valence-electron chi connectivity index (χ0n) is 13.7. The van der Waals surface area contributed by atoms with Gasteiger partial charge in [-0.3, -0.25) is 15.0 Å². The number of ether oxygens (including phenoxy) is 1. The van der Waals surface area contributed by atoms with Crippen molar-refractivity contribution < 1.29 is 22.7 Å². The van der Waals surface area contributed by atoms with Crippen LogP contribution in [0, 0.1) is 0 Å². The summed E-state index contributed by atoms with van der Waals surface area (Å²) in [6, 6.07) is 11.8. The third-order valence-corrected chi connectivity index (χ3v) is 4.51. The topological polar surface area (TPSA) is 114 Å². The van der Waals surface area contributed by atoms with E-state index < -0.39 is 15.9 Å². The Morgan fingerprint density at radius 3 is 2.23 bits per heavy atom. The second kappa shape index (κ2) is 8.65. The Bertz CT molecular complexity index is 883. The zero-order chi connectivity index (χ0) is 19.2. The molecule has 0 fully saturated rings. The lowest BCUT2D eigenvalue weighted by molar-refractivity contribution is -0.123. The summed E-state index contributed by atoms with van der Waals surface area (Å²) in [5.41, 5.74) is 2.51. The average molecular weight is 398 g/mol. The molecule has 0 unspecified atom stereocenters. The number of carbonyl (C=O) groups is 2. The van der Waals surface area contributed by atoms with Crippen molar-refractivity contribution in [2.45, 2.75) is 11.8 Å².